The minimum absolute atomic E-state index is 0.286. The molecular formula is C19H16N2O2S. The predicted octanol–water partition coefficient (Wildman–Crippen LogP) is 3.48. The maximum atomic E-state index is 12.4. The molecule has 24 heavy (non-hydrogen) atoms. The van der Waals surface area contributed by atoms with Gasteiger partial charge < -0.3 is 9.30 Å². The first kappa shape index (κ1) is 16.0. The van der Waals surface area contributed by atoms with Crippen LogP contribution in [0.1, 0.15) is 17.3 Å². The summed E-state index contributed by atoms with van der Waals surface area (Å²) in [5.41, 5.74) is 1.43. The minimum Gasteiger partial charge on any atom is -0.492 e. The van der Waals surface area contributed by atoms with Crippen LogP contribution in [0.5, 0.6) is 5.75 Å². The van der Waals surface area contributed by atoms with Crippen molar-refractivity contribution < 1.29 is 9.53 Å². The van der Waals surface area contributed by atoms with Gasteiger partial charge in [0.05, 0.1) is 17.9 Å². The first-order valence-electron chi connectivity index (χ1n) is 7.57. The van der Waals surface area contributed by atoms with Crippen LogP contribution < -0.4 is 9.54 Å². The van der Waals surface area contributed by atoms with E-state index in [-0.39, 0.29) is 5.91 Å². The average Bonchev–Trinajstić information content (AvgIpc) is 2.95. The molecule has 0 saturated heterocycles. The van der Waals surface area contributed by atoms with Gasteiger partial charge in [-0.05, 0) is 31.2 Å². The summed E-state index contributed by atoms with van der Waals surface area (Å²) in [4.78, 5) is 17.3. The van der Waals surface area contributed by atoms with Crippen LogP contribution in [0.15, 0.2) is 53.5 Å². The Morgan fingerprint density at radius 1 is 1.25 bits per heavy atom. The molecule has 0 radical (unpaired) electrons. The van der Waals surface area contributed by atoms with Crippen LogP contribution in [0, 0.1) is 12.3 Å². The molecular weight excluding hydrogens is 320 g/mol. The van der Waals surface area contributed by atoms with Gasteiger partial charge >= 0.3 is 0 Å². The molecule has 1 heterocycles. The second-order valence-electron chi connectivity index (χ2n) is 4.99. The molecule has 0 fully saturated rings. The van der Waals surface area contributed by atoms with Crippen molar-refractivity contribution in [3.8, 4) is 18.1 Å². The Labute approximate surface area is 144 Å². The van der Waals surface area contributed by atoms with Gasteiger partial charge in [-0.25, -0.2) is 0 Å². The molecule has 0 atom stereocenters. The van der Waals surface area contributed by atoms with Crippen LogP contribution in [0.4, 0.5) is 0 Å². The van der Waals surface area contributed by atoms with Crippen molar-refractivity contribution in [2.75, 3.05) is 6.61 Å². The van der Waals surface area contributed by atoms with E-state index in [4.69, 9.17) is 11.2 Å². The number of nitrogens with zero attached hydrogens (tertiary/aromatic N) is 2. The summed E-state index contributed by atoms with van der Waals surface area (Å²) in [5, 5.41) is 0. The fourth-order valence-electron chi connectivity index (χ4n) is 2.42. The number of hydrogen-bond donors (Lipinski definition) is 0. The Morgan fingerprint density at radius 3 is 2.75 bits per heavy atom. The number of carbonyl (C=O) groups excluding carboxylic acids is 1. The van der Waals surface area contributed by atoms with Crippen LogP contribution in [-0.2, 0) is 6.54 Å². The van der Waals surface area contributed by atoms with Gasteiger partial charge in [-0.2, -0.15) is 4.99 Å². The second-order valence-corrected chi connectivity index (χ2v) is 6.00. The Balaban J connectivity index is 2.19. The molecule has 0 saturated carbocycles. The van der Waals surface area contributed by atoms with E-state index >= 15 is 0 Å². The van der Waals surface area contributed by atoms with Crippen molar-refractivity contribution in [3.63, 3.8) is 0 Å². The number of amides is 1. The van der Waals surface area contributed by atoms with Crippen molar-refractivity contribution in [3.05, 3.63) is 58.9 Å². The van der Waals surface area contributed by atoms with Crippen molar-refractivity contribution in [2.24, 2.45) is 4.99 Å². The van der Waals surface area contributed by atoms with Gasteiger partial charge in [0, 0.05) is 5.56 Å². The molecule has 0 N–H and O–H groups in total. The van der Waals surface area contributed by atoms with E-state index in [0.717, 1.165) is 16.0 Å². The fraction of sp³-hybridized carbons (Fsp3) is 0.158. The average molecular weight is 336 g/mol. The molecule has 4 nitrogen and oxygen atoms in total. The third-order valence-corrected chi connectivity index (χ3v) is 4.47. The topological polar surface area (TPSA) is 43.6 Å². The molecule has 3 aromatic rings. The summed E-state index contributed by atoms with van der Waals surface area (Å²) < 4.78 is 8.53. The second kappa shape index (κ2) is 7.16. The van der Waals surface area contributed by atoms with E-state index in [1.807, 2.05) is 47.9 Å². The van der Waals surface area contributed by atoms with Gasteiger partial charge in [0.15, 0.2) is 4.80 Å². The van der Waals surface area contributed by atoms with Crippen LogP contribution in [0.25, 0.3) is 10.2 Å². The van der Waals surface area contributed by atoms with Crippen LogP contribution in [-0.4, -0.2) is 17.1 Å². The van der Waals surface area contributed by atoms with E-state index in [1.165, 1.54) is 11.3 Å². The van der Waals surface area contributed by atoms with Gasteiger partial charge in [0.2, 0.25) is 0 Å². The highest BCUT2D eigenvalue weighted by Crippen LogP contribution is 2.27. The lowest BCUT2D eigenvalue weighted by molar-refractivity contribution is 0.0998. The van der Waals surface area contributed by atoms with E-state index in [1.54, 1.807) is 12.1 Å². The summed E-state index contributed by atoms with van der Waals surface area (Å²) in [5.74, 6) is 3.09. The highest BCUT2D eigenvalue weighted by Gasteiger charge is 2.12. The number of thiazole rings is 1. The molecule has 0 unspecified atom stereocenters. The standard InChI is InChI=1S/C19H16N2O2S/c1-3-13-21-17-15(23-4-2)11-8-12-16(17)24-19(21)20-18(22)14-9-6-5-7-10-14/h1,5-12H,4,13H2,2H3. The van der Waals surface area contributed by atoms with E-state index in [9.17, 15) is 4.79 Å². The Hall–Kier alpha value is -2.84. The maximum absolute atomic E-state index is 12.4. The number of terminal acetylenes is 1. The quantitative estimate of drug-likeness (QED) is 0.685. The zero-order valence-corrected chi connectivity index (χ0v) is 14.0. The van der Waals surface area contributed by atoms with Gasteiger partial charge in [0.1, 0.15) is 11.3 Å². The number of ether oxygens (including phenoxy) is 1. The van der Waals surface area contributed by atoms with Crippen molar-refractivity contribution >= 4 is 27.5 Å². The van der Waals surface area contributed by atoms with Crippen molar-refractivity contribution in [2.45, 2.75) is 13.5 Å². The molecule has 0 bridgehead atoms. The lowest BCUT2D eigenvalue weighted by Gasteiger charge is -2.07. The highest BCUT2D eigenvalue weighted by atomic mass is 32.1. The largest absolute Gasteiger partial charge is 0.492 e. The summed E-state index contributed by atoms with van der Waals surface area (Å²) in [6.45, 7) is 2.81. The molecule has 0 spiro atoms. The molecule has 120 valence electrons. The van der Waals surface area contributed by atoms with Gasteiger partial charge in [0.25, 0.3) is 5.91 Å². The van der Waals surface area contributed by atoms with Crippen molar-refractivity contribution in [1.82, 2.24) is 4.57 Å². The summed E-state index contributed by atoms with van der Waals surface area (Å²) >= 11 is 1.43. The monoisotopic (exact) mass is 336 g/mol. The molecule has 0 aliphatic carbocycles. The molecule has 3 rings (SSSR count). The number of carbonyl (C=O) groups is 1. The molecule has 0 aliphatic rings. The van der Waals surface area contributed by atoms with Gasteiger partial charge in [-0.15, -0.1) is 6.42 Å². The fourth-order valence-corrected chi connectivity index (χ4v) is 3.47. The molecule has 1 aromatic heterocycles. The number of benzene rings is 2. The van der Waals surface area contributed by atoms with E-state index in [2.05, 4.69) is 10.9 Å². The van der Waals surface area contributed by atoms with E-state index in [0.29, 0.717) is 23.5 Å². The van der Waals surface area contributed by atoms with Crippen LogP contribution in [0.2, 0.25) is 0 Å². The summed E-state index contributed by atoms with van der Waals surface area (Å²) in [6.07, 6.45) is 5.51. The SMILES string of the molecule is C#CCn1c(=NC(=O)c2ccccc2)sc2cccc(OCC)c21. The van der Waals surface area contributed by atoms with Crippen LogP contribution >= 0.6 is 11.3 Å². The number of rotatable bonds is 4. The molecule has 5 heteroatoms. The summed E-state index contributed by atoms with van der Waals surface area (Å²) in [7, 11) is 0. The number of para-hydroxylation sites is 1. The first-order valence-corrected chi connectivity index (χ1v) is 8.39. The normalized spacial score (nSPS) is 11.4. The molecule has 0 aliphatic heterocycles. The zero-order valence-electron chi connectivity index (χ0n) is 13.2. The minimum atomic E-state index is -0.286. The third-order valence-electron chi connectivity index (χ3n) is 3.43. The Morgan fingerprint density at radius 2 is 2.04 bits per heavy atom. The zero-order chi connectivity index (χ0) is 16.9. The lowest BCUT2D eigenvalue weighted by Crippen LogP contribution is -2.17. The Bertz CT molecular complexity index is 978. The number of aromatic nitrogens is 1. The Kier molecular flexibility index (Phi) is 4.78. The summed E-state index contributed by atoms with van der Waals surface area (Å²) in [6, 6.07) is 14.8. The highest BCUT2D eigenvalue weighted by molar-refractivity contribution is 7.16. The predicted molar refractivity (Wildman–Crippen MR) is 96.2 cm³/mol. The number of fused-ring (bicyclic) bond motifs is 1. The van der Waals surface area contributed by atoms with Gasteiger partial charge in [-0.1, -0.05) is 41.5 Å². The first-order chi connectivity index (χ1) is 11.7. The smallest absolute Gasteiger partial charge is 0.279 e. The van der Waals surface area contributed by atoms with Gasteiger partial charge in [-0.3, -0.25) is 4.79 Å². The van der Waals surface area contributed by atoms with Crippen LogP contribution in [0.3, 0.4) is 0 Å². The van der Waals surface area contributed by atoms with Crippen molar-refractivity contribution in [1.29, 1.82) is 0 Å². The van der Waals surface area contributed by atoms with E-state index < -0.39 is 0 Å². The molecule has 2 aromatic carbocycles. The lowest BCUT2D eigenvalue weighted by atomic mass is 10.2. The third kappa shape index (κ3) is 3.10. The molecule has 1 amide bonds. The number of hydrogen-bond acceptors (Lipinski definition) is 3. The maximum Gasteiger partial charge on any atom is 0.279 e.